The first-order valence-electron chi connectivity index (χ1n) is 8.27. The van der Waals surface area contributed by atoms with Crippen molar-refractivity contribution in [3.8, 4) is 0 Å². The van der Waals surface area contributed by atoms with Gasteiger partial charge in [0.15, 0.2) is 5.78 Å². The lowest BCUT2D eigenvalue weighted by atomic mass is 10.0. The minimum atomic E-state index is -0.101. The molecule has 2 aromatic carbocycles. The van der Waals surface area contributed by atoms with Gasteiger partial charge in [-0.25, -0.2) is 0 Å². The molecule has 0 aliphatic heterocycles. The van der Waals surface area contributed by atoms with Crippen molar-refractivity contribution in [2.45, 2.75) is 33.1 Å². The van der Waals surface area contributed by atoms with Crippen LogP contribution in [0.2, 0.25) is 0 Å². The molecule has 24 heavy (non-hydrogen) atoms. The number of hydrogen-bond acceptors (Lipinski definition) is 2. The molecular formula is C21H23NO2. The van der Waals surface area contributed by atoms with E-state index in [9.17, 15) is 9.59 Å². The van der Waals surface area contributed by atoms with Crippen LogP contribution in [0.1, 0.15) is 48.2 Å². The van der Waals surface area contributed by atoms with Crippen LogP contribution in [0, 0.1) is 0 Å². The zero-order valence-electron chi connectivity index (χ0n) is 14.2. The Labute approximate surface area is 143 Å². The molecule has 0 heterocycles. The molecule has 1 amide bonds. The molecule has 0 unspecified atom stereocenters. The second kappa shape index (κ2) is 8.82. The van der Waals surface area contributed by atoms with E-state index >= 15 is 0 Å². The number of amides is 1. The third-order valence-electron chi connectivity index (χ3n) is 3.72. The zero-order chi connectivity index (χ0) is 17.4. The van der Waals surface area contributed by atoms with Crippen LogP contribution in [0.15, 0.2) is 54.6 Å². The minimum absolute atomic E-state index is 0.0111. The van der Waals surface area contributed by atoms with E-state index in [1.54, 1.807) is 12.2 Å². The molecule has 1 N–H and O–H groups in total. The number of rotatable bonds is 7. The van der Waals surface area contributed by atoms with E-state index in [0.717, 1.165) is 17.7 Å². The summed E-state index contributed by atoms with van der Waals surface area (Å²) < 4.78 is 0. The molecule has 0 fully saturated rings. The van der Waals surface area contributed by atoms with Gasteiger partial charge in [0.25, 0.3) is 0 Å². The summed E-state index contributed by atoms with van der Waals surface area (Å²) in [5.74, 6) is -0.112. The molecular weight excluding hydrogens is 298 g/mol. The lowest BCUT2D eigenvalue weighted by molar-refractivity contribution is -0.114. The van der Waals surface area contributed by atoms with Crippen molar-refractivity contribution in [2.75, 3.05) is 5.32 Å². The van der Waals surface area contributed by atoms with Crippen LogP contribution >= 0.6 is 0 Å². The molecule has 0 radical (unpaired) electrons. The van der Waals surface area contributed by atoms with Gasteiger partial charge in [-0.05, 0) is 42.2 Å². The summed E-state index contributed by atoms with van der Waals surface area (Å²) in [6, 6.07) is 15.2. The number of carbonyl (C=O) groups excluding carboxylic acids is 2. The van der Waals surface area contributed by atoms with Crippen molar-refractivity contribution < 1.29 is 9.59 Å². The normalized spacial score (nSPS) is 10.8. The largest absolute Gasteiger partial charge is 0.326 e. The number of unbranched alkanes of at least 4 members (excludes halogenated alkanes) is 1. The predicted octanol–water partition coefficient (Wildman–Crippen LogP) is 4.88. The van der Waals surface area contributed by atoms with E-state index in [1.165, 1.54) is 25.3 Å². The van der Waals surface area contributed by atoms with Gasteiger partial charge in [0.05, 0.1) is 0 Å². The number of ketones is 1. The van der Waals surface area contributed by atoms with Gasteiger partial charge in [0.1, 0.15) is 0 Å². The maximum absolute atomic E-state index is 12.2. The van der Waals surface area contributed by atoms with Crippen molar-refractivity contribution in [3.63, 3.8) is 0 Å². The molecule has 2 aromatic rings. The number of carbonyl (C=O) groups is 2. The van der Waals surface area contributed by atoms with Crippen molar-refractivity contribution >= 4 is 23.5 Å². The SMILES string of the molecule is CCCCc1ccc(C(=O)/C=C/c2ccc(NC(C)=O)cc2)cc1. The number of nitrogens with one attached hydrogen (secondary N) is 1. The molecule has 0 aromatic heterocycles. The Hall–Kier alpha value is -2.68. The standard InChI is InChI=1S/C21H23NO2/c1-3-4-5-17-6-11-19(12-7-17)21(24)15-10-18-8-13-20(14-9-18)22-16(2)23/h6-15H,3-5H2,1-2H3,(H,22,23)/b15-10+. The zero-order valence-corrected chi connectivity index (χ0v) is 14.2. The molecule has 2 rings (SSSR count). The van der Waals surface area contributed by atoms with Gasteiger partial charge in [-0.2, -0.15) is 0 Å². The second-order valence-electron chi connectivity index (χ2n) is 5.80. The van der Waals surface area contributed by atoms with Gasteiger partial charge >= 0.3 is 0 Å². The summed E-state index contributed by atoms with van der Waals surface area (Å²) in [7, 11) is 0. The highest BCUT2D eigenvalue weighted by molar-refractivity contribution is 6.06. The summed E-state index contributed by atoms with van der Waals surface area (Å²) in [5, 5.41) is 2.71. The van der Waals surface area contributed by atoms with Crippen LogP contribution in [0.25, 0.3) is 6.08 Å². The van der Waals surface area contributed by atoms with E-state index in [1.807, 2.05) is 48.5 Å². The lowest BCUT2D eigenvalue weighted by Crippen LogP contribution is -2.05. The van der Waals surface area contributed by atoms with Gasteiger partial charge in [-0.15, -0.1) is 0 Å². The Kier molecular flexibility index (Phi) is 6.50. The summed E-state index contributed by atoms with van der Waals surface area (Å²) >= 11 is 0. The van der Waals surface area contributed by atoms with Crippen molar-refractivity contribution in [3.05, 3.63) is 71.3 Å². The van der Waals surface area contributed by atoms with Crippen LogP contribution in [0.4, 0.5) is 5.69 Å². The number of allylic oxidation sites excluding steroid dienone is 1. The molecule has 0 atom stereocenters. The number of hydrogen-bond donors (Lipinski definition) is 1. The highest BCUT2D eigenvalue weighted by atomic mass is 16.1. The molecule has 0 bridgehead atoms. The van der Waals surface area contributed by atoms with Crippen LogP contribution in [0.3, 0.4) is 0 Å². The summed E-state index contributed by atoms with van der Waals surface area (Å²) in [4.78, 5) is 23.2. The molecule has 124 valence electrons. The Bertz CT molecular complexity index is 713. The van der Waals surface area contributed by atoms with Crippen LogP contribution in [-0.2, 0) is 11.2 Å². The molecule has 3 heteroatoms. The van der Waals surface area contributed by atoms with Crippen LogP contribution in [-0.4, -0.2) is 11.7 Å². The first-order chi connectivity index (χ1) is 11.6. The molecule has 0 saturated heterocycles. The molecule has 0 spiro atoms. The van der Waals surface area contributed by atoms with Crippen molar-refractivity contribution in [1.82, 2.24) is 0 Å². The van der Waals surface area contributed by atoms with Gasteiger partial charge < -0.3 is 5.32 Å². The Morgan fingerprint density at radius 3 is 2.25 bits per heavy atom. The van der Waals surface area contributed by atoms with E-state index in [4.69, 9.17) is 0 Å². The monoisotopic (exact) mass is 321 g/mol. The second-order valence-corrected chi connectivity index (χ2v) is 5.80. The Balaban J connectivity index is 1.98. The molecule has 0 saturated carbocycles. The summed E-state index contributed by atoms with van der Waals surface area (Å²) in [5.41, 5.74) is 3.62. The Morgan fingerprint density at radius 1 is 1.00 bits per heavy atom. The van der Waals surface area contributed by atoms with Crippen LogP contribution < -0.4 is 5.32 Å². The van der Waals surface area contributed by atoms with Crippen molar-refractivity contribution in [1.29, 1.82) is 0 Å². The van der Waals surface area contributed by atoms with Gasteiger partial charge in [0, 0.05) is 18.2 Å². The first-order valence-corrected chi connectivity index (χ1v) is 8.27. The number of anilines is 1. The van der Waals surface area contributed by atoms with Gasteiger partial charge in [-0.1, -0.05) is 55.8 Å². The quantitative estimate of drug-likeness (QED) is 0.583. The number of benzene rings is 2. The fourth-order valence-electron chi connectivity index (χ4n) is 2.37. The maximum atomic E-state index is 12.2. The predicted molar refractivity (Wildman–Crippen MR) is 99.2 cm³/mol. The van der Waals surface area contributed by atoms with Gasteiger partial charge in [0.2, 0.25) is 5.91 Å². The lowest BCUT2D eigenvalue weighted by Gasteiger charge is -2.02. The van der Waals surface area contributed by atoms with Gasteiger partial charge in [-0.3, -0.25) is 9.59 Å². The van der Waals surface area contributed by atoms with Crippen molar-refractivity contribution in [2.24, 2.45) is 0 Å². The Morgan fingerprint density at radius 2 is 1.67 bits per heavy atom. The average Bonchev–Trinajstić information content (AvgIpc) is 2.59. The third kappa shape index (κ3) is 5.51. The average molecular weight is 321 g/mol. The fourth-order valence-corrected chi connectivity index (χ4v) is 2.37. The fraction of sp³-hybridized carbons (Fsp3) is 0.238. The highest BCUT2D eigenvalue weighted by Gasteiger charge is 2.02. The molecule has 3 nitrogen and oxygen atoms in total. The summed E-state index contributed by atoms with van der Waals surface area (Å²) in [6.45, 7) is 3.64. The van der Waals surface area contributed by atoms with Crippen LogP contribution in [0.5, 0.6) is 0 Å². The molecule has 0 aliphatic rings. The van der Waals surface area contributed by atoms with E-state index in [-0.39, 0.29) is 11.7 Å². The maximum Gasteiger partial charge on any atom is 0.221 e. The summed E-state index contributed by atoms with van der Waals surface area (Å²) in [6.07, 6.45) is 6.76. The van der Waals surface area contributed by atoms with E-state index < -0.39 is 0 Å². The highest BCUT2D eigenvalue weighted by Crippen LogP contribution is 2.12. The number of aryl methyl sites for hydroxylation is 1. The third-order valence-corrected chi connectivity index (χ3v) is 3.72. The smallest absolute Gasteiger partial charge is 0.221 e. The molecule has 0 aliphatic carbocycles. The minimum Gasteiger partial charge on any atom is -0.326 e. The first kappa shape index (κ1) is 17.7. The topological polar surface area (TPSA) is 46.2 Å². The van der Waals surface area contributed by atoms with E-state index in [2.05, 4.69) is 12.2 Å². The van der Waals surface area contributed by atoms with E-state index in [0.29, 0.717) is 5.56 Å².